The minimum atomic E-state index is -0.449. The highest BCUT2D eigenvalue weighted by atomic mass is 32.1. The number of hydrogen-bond acceptors (Lipinski definition) is 6. The average molecular weight is 333 g/mol. The third-order valence-electron chi connectivity index (χ3n) is 3.27. The molecule has 23 heavy (non-hydrogen) atoms. The minimum Gasteiger partial charge on any atom is -0.486 e. The van der Waals surface area contributed by atoms with Gasteiger partial charge in [0.2, 0.25) is 0 Å². The highest BCUT2D eigenvalue weighted by Gasteiger charge is 2.22. The number of amides is 1. The van der Waals surface area contributed by atoms with E-state index in [1.807, 2.05) is 24.3 Å². The largest absolute Gasteiger partial charge is 0.486 e. The van der Waals surface area contributed by atoms with E-state index in [-0.39, 0.29) is 12.0 Å². The number of ether oxygens (including phenoxy) is 3. The Morgan fingerprint density at radius 2 is 1.96 bits per heavy atom. The van der Waals surface area contributed by atoms with Crippen LogP contribution in [-0.4, -0.2) is 38.2 Å². The lowest BCUT2D eigenvalue weighted by Crippen LogP contribution is -2.40. The van der Waals surface area contributed by atoms with Gasteiger partial charge in [-0.1, -0.05) is 12.1 Å². The maximum atomic E-state index is 12.1. The molecule has 0 saturated heterocycles. The van der Waals surface area contributed by atoms with Gasteiger partial charge in [0.1, 0.15) is 17.6 Å². The fourth-order valence-corrected chi connectivity index (χ4v) is 2.97. The second kappa shape index (κ2) is 6.70. The summed E-state index contributed by atoms with van der Waals surface area (Å²) in [6, 6.07) is 10.6. The molecule has 6 nitrogen and oxygen atoms in total. The van der Waals surface area contributed by atoms with E-state index in [0.29, 0.717) is 34.4 Å². The van der Waals surface area contributed by atoms with Gasteiger partial charge in [-0.3, -0.25) is 4.79 Å². The summed E-state index contributed by atoms with van der Waals surface area (Å²) >= 11 is 1.09. The molecule has 0 saturated carbocycles. The monoisotopic (exact) mass is 333 g/mol. The number of thiophene rings is 1. The van der Waals surface area contributed by atoms with Gasteiger partial charge in [0.25, 0.3) is 5.91 Å². The van der Waals surface area contributed by atoms with Crippen LogP contribution in [0, 0.1) is 0 Å². The molecule has 7 heteroatoms. The van der Waals surface area contributed by atoms with E-state index in [2.05, 4.69) is 10.1 Å². The van der Waals surface area contributed by atoms with Gasteiger partial charge < -0.3 is 19.5 Å². The lowest BCUT2D eigenvalue weighted by Gasteiger charge is -2.26. The zero-order valence-corrected chi connectivity index (χ0v) is 13.2. The van der Waals surface area contributed by atoms with Gasteiger partial charge in [0, 0.05) is 0 Å². The summed E-state index contributed by atoms with van der Waals surface area (Å²) in [4.78, 5) is 24.3. The summed E-state index contributed by atoms with van der Waals surface area (Å²) < 4.78 is 16.0. The number of benzene rings is 1. The Morgan fingerprint density at radius 1 is 1.22 bits per heavy atom. The lowest BCUT2D eigenvalue weighted by atomic mass is 10.2. The second-order valence-corrected chi connectivity index (χ2v) is 5.95. The Hall–Kier alpha value is -2.54. The lowest BCUT2D eigenvalue weighted by molar-refractivity contribution is 0.0606. The van der Waals surface area contributed by atoms with Crippen LogP contribution in [0.2, 0.25) is 0 Å². The Labute approximate surface area is 137 Å². The molecule has 1 aromatic carbocycles. The molecule has 2 aromatic rings. The van der Waals surface area contributed by atoms with Crippen molar-refractivity contribution < 1.29 is 23.8 Å². The SMILES string of the molecule is COC(=O)c1ccc(C(=O)NC[C@H]2COc3ccccc3O2)s1. The van der Waals surface area contributed by atoms with Crippen LogP contribution in [0.3, 0.4) is 0 Å². The van der Waals surface area contributed by atoms with Crippen LogP contribution in [-0.2, 0) is 4.74 Å². The Kier molecular flexibility index (Phi) is 4.47. The number of carbonyl (C=O) groups excluding carboxylic acids is 2. The molecule has 1 aromatic heterocycles. The molecule has 1 aliphatic rings. The first-order chi connectivity index (χ1) is 11.2. The second-order valence-electron chi connectivity index (χ2n) is 4.86. The normalized spacial score (nSPS) is 15.8. The number of hydrogen-bond donors (Lipinski definition) is 1. The van der Waals surface area contributed by atoms with Gasteiger partial charge >= 0.3 is 5.97 Å². The van der Waals surface area contributed by atoms with Gasteiger partial charge in [0.15, 0.2) is 11.5 Å². The van der Waals surface area contributed by atoms with Crippen LogP contribution in [0.1, 0.15) is 19.3 Å². The standard InChI is InChI=1S/C16H15NO5S/c1-20-16(19)14-7-6-13(23-14)15(18)17-8-10-9-21-11-4-2-3-5-12(11)22-10/h2-7,10H,8-9H2,1H3,(H,17,18)/t10-/m0/s1. The summed E-state index contributed by atoms with van der Waals surface area (Å²) in [5.74, 6) is 0.667. The fourth-order valence-electron chi connectivity index (χ4n) is 2.13. The summed E-state index contributed by atoms with van der Waals surface area (Å²) in [6.45, 7) is 0.688. The molecular formula is C16H15NO5S. The van der Waals surface area contributed by atoms with Crippen LogP contribution >= 0.6 is 11.3 Å². The van der Waals surface area contributed by atoms with Crippen LogP contribution in [0.15, 0.2) is 36.4 Å². The number of carbonyl (C=O) groups is 2. The summed E-state index contributed by atoms with van der Waals surface area (Å²) in [5, 5.41) is 2.78. The molecule has 120 valence electrons. The molecule has 0 radical (unpaired) electrons. The number of methoxy groups -OCH3 is 1. The smallest absolute Gasteiger partial charge is 0.348 e. The summed E-state index contributed by atoms with van der Waals surface area (Å²) in [7, 11) is 1.31. The number of para-hydroxylation sites is 2. The number of nitrogens with one attached hydrogen (secondary N) is 1. The molecule has 1 aliphatic heterocycles. The third-order valence-corrected chi connectivity index (χ3v) is 4.34. The van der Waals surface area contributed by atoms with Crippen molar-refractivity contribution in [2.45, 2.75) is 6.10 Å². The van der Waals surface area contributed by atoms with Crippen molar-refractivity contribution in [2.75, 3.05) is 20.3 Å². The van der Waals surface area contributed by atoms with Crippen molar-refractivity contribution in [3.05, 3.63) is 46.2 Å². The van der Waals surface area contributed by atoms with Crippen LogP contribution < -0.4 is 14.8 Å². The van der Waals surface area contributed by atoms with Crippen molar-refractivity contribution in [3.8, 4) is 11.5 Å². The van der Waals surface area contributed by atoms with Gasteiger partial charge in [-0.05, 0) is 24.3 Å². The Balaban J connectivity index is 1.55. The van der Waals surface area contributed by atoms with Gasteiger partial charge in [-0.15, -0.1) is 11.3 Å². The summed E-state index contributed by atoms with van der Waals surface area (Å²) in [5.41, 5.74) is 0. The number of fused-ring (bicyclic) bond motifs is 1. The first-order valence-electron chi connectivity index (χ1n) is 7.02. The number of rotatable bonds is 4. The zero-order valence-electron chi connectivity index (χ0n) is 12.4. The van der Waals surface area contributed by atoms with Gasteiger partial charge in [0.05, 0.1) is 18.5 Å². The molecule has 2 heterocycles. The molecule has 3 rings (SSSR count). The summed E-state index contributed by atoms with van der Waals surface area (Å²) in [6.07, 6.45) is -0.256. The van der Waals surface area contributed by atoms with Crippen molar-refractivity contribution in [1.82, 2.24) is 5.32 Å². The van der Waals surface area contributed by atoms with Crippen molar-refractivity contribution in [1.29, 1.82) is 0 Å². The van der Waals surface area contributed by atoms with E-state index >= 15 is 0 Å². The zero-order chi connectivity index (χ0) is 16.2. The highest BCUT2D eigenvalue weighted by Crippen LogP contribution is 2.30. The topological polar surface area (TPSA) is 73.9 Å². The van der Waals surface area contributed by atoms with Crippen molar-refractivity contribution in [2.24, 2.45) is 0 Å². The van der Waals surface area contributed by atoms with Crippen LogP contribution in [0.4, 0.5) is 0 Å². The van der Waals surface area contributed by atoms with Crippen molar-refractivity contribution >= 4 is 23.2 Å². The van der Waals surface area contributed by atoms with E-state index in [9.17, 15) is 9.59 Å². The minimum absolute atomic E-state index is 0.256. The van der Waals surface area contributed by atoms with Crippen molar-refractivity contribution in [3.63, 3.8) is 0 Å². The molecule has 0 aliphatic carbocycles. The van der Waals surface area contributed by atoms with Gasteiger partial charge in [-0.2, -0.15) is 0 Å². The predicted octanol–water partition coefficient (Wildman–Crippen LogP) is 2.10. The average Bonchev–Trinajstić information content (AvgIpc) is 3.09. The first kappa shape index (κ1) is 15.4. The third kappa shape index (κ3) is 3.45. The Morgan fingerprint density at radius 3 is 2.74 bits per heavy atom. The maximum Gasteiger partial charge on any atom is 0.348 e. The molecule has 1 N–H and O–H groups in total. The fraction of sp³-hybridized carbons (Fsp3) is 0.250. The quantitative estimate of drug-likeness (QED) is 0.868. The van der Waals surface area contributed by atoms with E-state index in [1.165, 1.54) is 7.11 Å². The van der Waals surface area contributed by atoms with E-state index in [4.69, 9.17) is 9.47 Å². The van der Waals surface area contributed by atoms with E-state index < -0.39 is 5.97 Å². The predicted molar refractivity (Wildman–Crippen MR) is 84.3 cm³/mol. The molecule has 0 fully saturated rings. The van der Waals surface area contributed by atoms with Gasteiger partial charge in [-0.25, -0.2) is 4.79 Å². The maximum absolute atomic E-state index is 12.1. The van der Waals surface area contributed by atoms with Crippen LogP contribution in [0.5, 0.6) is 11.5 Å². The van der Waals surface area contributed by atoms with E-state index in [1.54, 1.807) is 12.1 Å². The molecule has 0 unspecified atom stereocenters. The molecule has 1 atom stereocenters. The molecule has 0 spiro atoms. The first-order valence-corrected chi connectivity index (χ1v) is 7.84. The molecule has 1 amide bonds. The molecule has 0 bridgehead atoms. The van der Waals surface area contributed by atoms with E-state index in [0.717, 1.165) is 11.3 Å². The number of esters is 1. The Bertz CT molecular complexity index is 727. The molecular weight excluding hydrogens is 318 g/mol. The van der Waals surface area contributed by atoms with Crippen LogP contribution in [0.25, 0.3) is 0 Å². The highest BCUT2D eigenvalue weighted by molar-refractivity contribution is 7.15.